The van der Waals surface area contributed by atoms with Gasteiger partial charge >= 0.3 is 0 Å². The van der Waals surface area contributed by atoms with Gasteiger partial charge in [-0.15, -0.1) is 0 Å². The van der Waals surface area contributed by atoms with Crippen LogP contribution >= 0.6 is 11.6 Å². The number of nitrogens with one attached hydrogen (secondary N) is 1. The maximum Gasteiger partial charge on any atom is 0.252 e. The van der Waals surface area contributed by atoms with Gasteiger partial charge in [-0.25, -0.2) is 0 Å². The van der Waals surface area contributed by atoms with Crippen LogP contribution < -0.4 is 5.32 Å². The zero-order valence-electron chi connectivity index (χ0n) is 13.6. The number of hydrogen-bond acceptors (Lipinski definition) is 4. The Morgan fingerprint density at radius 2 is 1.70 bits per heavy atom. The molecule has 118 valence electrons. The summed E-state index contributed by atoms with van der Waals surface area (Å²) in [5.74, 6) is 0.533. The second kappa shape index (κ2) is 6.01. The van der Waals surface area contributed by atoms with Gasteiger partial charge in [-0.05, 0) is 66.9 Å². The zero-order chi connectivity index (χ0) is 16.6. The summed E-state index contributed by atoms with van der Waals surface area (Å²) in [4.78, 5) is 0. The Hall–Kier alpha value is -2.40. The molecule has 0 bridgehead atoms. The third-order valence-corrected chi connectivity index (χ3v) is 4.02. The minimum Gasteiger partial charge on any atom is -0.321 e. The van der Waals surface area contributed by atoms with Gasteiger partial charge in [0.2, 0.25) is 0 Å². The highest BCUT2D eigenvalue weighted by atomic mass is 35.5. The summed E-state index contributed by atoms with van der Waals surface area (Å²) in [7, 11) is 0. The van der Waals surface area contributed by atoms with Gasteiger partial charge in [0.25, 0.3) is 5.95 Å². The van der Waals surface area contributed by atoms with Crippen molar-refractivity contribution in [1.82, 2.24) is 20.2 Å². The molecule has 6 heteroatoms. The number of rotatable bonds is 3. The van der Waals surface area contributed by atoms with Crippen LogP contribution in [0.5, 0.6) is 0 Å². The Bertz CT molecular complexity index is 846. The number of aromatic nitrogens is 4. The Labute approximate surface area is 140 Å². The number of aryl methyl sites for hydroxylation is 4. The van der Waals surface area contributed by atoms with Crippen LogP contribution in [0.3, 0.4) is 0 Å². The van der Waals surface area contributed by atoms with Gasteiger partial charge in [0.05, 0.1) is 16.4 Å². The highest BCUT2D eigenvalue weighted by molar-refractivity contribution is 6.33. The van der Waals surface area contributed by atoms with Crippen molar-refractivity contribution in [3.63, 3.8) is 0 Å². The molecular weight excluding hydrogens is 310 g/mol. The average Bonchev–Trinajstić information content (AvgIpc) is 2.91. The minimum atomic E-state index is 0.533. The molecule has 1 aromatic heterocycles. The fraction of sp³-hybridized carbons (Fsp3) is 0.235. The van der Waals surface area contributed by atoms with Crippen LogP contribution in [0, 0.1) is 27.7 Å². The average molecular weight is 328 g/mol. The second-order valence-corrected chi connectivity index (χ2v) is 6.18. The molecule has 0 aliphatic carbocycles. The van der Waals surface area contributed by atoms with Crippen LogP contribution in [0.15, 0.2) is 30.3 Å². The van der Waals surface area contributed by atoms with Crippen molar-refractivity contribution >= 4 is 23.2 Å². The summed E-state index contributed by atoms with van der Waals surface area (Å²) in [5, 5.41) is 15.9. The summed E-state index contributed by atoms with van der Waals surface area (Å²) in [6, 6.07) is 10.1. The largest absolute Gasteiger partial charge is 0.321 e. The molecule has 0 radical (unpaired) electrons. The van der Waals surface area contributed by atoms with Crippen molar-refractivity contribution in [3.05, 3.63) is 57.6 Å². The Morgan fingerprint density at radius 3 is 2.39 bits per heavy atom. The van der Waals surface area contributed by atoms with Crippen molar-refractivity contribution in [2.45, 2.75) is 27.7 Å². The van der Waals surface area contributed by atoms with Crippen molar-refractivity contribution < 1.29 is 0 Å². The van der Waals surface area contributed by atoms with Crippen molar-refractivity contribution in [2.75, 3.05) is 5.32 Å². The molecule has 0 saturated heterocycles. The van der Waals surface area contributed by atoms with Crippen LogP contribution in [-0.2, 0) is 0 Å². The van der Waals surface area contributed by atoms with Gasteiger partial charge in [-0.3, -0.25) is 0 Å². The molecule has 23 heavy (non-hydrogen) atoms. The van der Waals surface area contributed by atoms with E-state index < -0.39 is 0 Å². The van der Waals surface area contributed by atoms with E-state index in [1.54, 1.807) is 4.68 Å². The third-order valence-electron chi connectivity index (χ3n) is 3.72. The third kappa shape index (κ3) is 3.05. The van der Waals surface area contributed by atoms with Gasteiger partial charge in [0.15, 0.2) is 0 Å². The first-order valence-electron chi connectivity index (χ1n) is 7.35. The van der Waals surface area contributed by atoms with Gasteiger partial charge in [-0.2, -0.15) is 4.68 Å². The lowest BCUT2D eigenvalue weighted by Gasteiger charge is -2.13. The van der Waals surface area contributed by atoms with Gasteiger partial charge in [-0.1, -0.05) is 40.5 Å². The number of benzene rings is 2. The van der Waals surface area contributed by atoms with Crippen LogP contribution in [0.25, 0.3) is 5.69 Å². The predicted molar refractivity (Wildman–Crippen MR) is 92.8 cm³/mol. The van der Waals surface area contributed by atoms with Crippen molar-refractivity contribution in [1.29, 1.82) is 0 Å². The molecule has 0 fully saturated rings. The number of anilines is 2. The molecule has 3 rings (SSSR count). The Balaban J connectivity index is 2.02. The highest BCUT2D eigenvalue weighted by Crippen LogP contribution is 2.30. The number of tetrazole rings is 1. The van der Waals surface area contributed by atoms with E-state index in [2.05, 4.69) is 39.9 Å². The summed E-state index contributed by atoms with van der Waals surface area (Å²) in [6.07, 6.45) is 0. The molecule has 1 N–H and O–H groups in total. The van der Waals surface area contributed by atoms with Crippen LogP contribution in [0.1, 0.15) is 22.3 Å². The molecule has 0 atom stereocenters. The lowest BCUT2D eigenvalue weighted by molar-refractivity contribution is 0.787. The highest BCUT2D eigenvalue weighted by Gasteiger charge is 2.13. The van der Waals surface area contributed by atoms with Crippen molar-refractivity contribution in [2.24, 2.45) is 0 Å². The lowest BCUT2D eigenvalue weighted by atomic mass is 10.1. The topological polar surface area (TPSA) is 55.6 Å². The fourth-order valence-electron chi connectivity index (χ4n) is 2.66. The summed E-state index contributed by atoms with van der Waals surface area (Å²) in [6.45, 7) is 8.12. The Kier molecular flexibility index (Phi) is 4.05. The zero-order valence-corrected chi connectivity index (χ0v) is 14.3. The van der Waals surface area contributed by atoms with E-state index in [0.29, 0.717) is 11.0 Å². The van der Waals surface area contributed by atoms with Crippen LogP contribution in [0.2, 0.25) is 5.02 Å². The first kappa shape index (κ1) is 15.5. The quantitative estimate of drug-likeness (QED) is 0.779. The van der Waals surface area contributed by atoms with E-state index in [-0.39, 0.29) is 0 Å². The van der Waals surface area contributed by atoms with E-state index in [1.165, 1.54) is 5.56 Å². The normalized spacial score (nSPS) is 10.8. The number of hydrogen-bond donors (Lipinski definition) is 1. The molecule has 3 aromatic rings. The maximum absolute atomic E-state index is 6.36. The van der Waals surface area contributed by atoms with Gasteiger partial charge < -0.3 is 5.32 Å². The molecule has 0 saturated carbocycles. The molecule has 0 aliphatic heterocycles. The summed E-state index contributed by atoms with van der Waals surface area (Å²) < 4.78 is 1.68. The van der Waals surface area contributed by atoms with E-state index in [1.807, 2.05) is 39.0 Å². The standard InChI is InChI=1S/C17H18ClN5/c1-10-5-6-15(12(3)7-10)23-17(20-21-22-23)19-16-13(4)8-11(2)9-14(16)18/h5-9H,1-4H3,(H,19,20,22). The first-order valence-corrected chi connectivity index (χ1v) is 7.73. The van der Waals surface area contributed by atoms with Crippen LogP contribution in [0.4, 0.5) is 11.6 Å². The molecule has 5 nitrogen and oxygen atoms in total. The van der Waals surface area contributed by atoms with E-state index >= 15 is 0 Å². The van der Waals surface area contributed by atoms with Gasteiger partial charge in [0.1, 0.15) is 0 Å². The van der Waals surface area contributed by atoms with Crippen LogP contribution in [-0.4, -0.2) is 20.2 Å². The molecule has 0 spiro atoms. The SMILES string of the molecule is Cc1ccc(-n2nnnc2Nc2c(C)cc(C)cc2Cl)c(C)c1. The van der Waals surface area contributed by atoms with Gasteiger partial charge in [0, 0.05) is 0 Å². The summed E-state index contributed by atoms with van der Waals surface area (Å²) >= 11 is 6.36. The Morgan fingerprint density at radius 1 is 0.957 bits per heavy atom. The fourth-order valence-corrected chi connectivity index (χ4v) is 3.02. The number of halogens is 1. The lowest BCUT2D eigenvalue weighted by Crippen LogP contribution is -2.06. The monoisotopic (exact) mass is 327 g/mol. The molecule has 0 aliphatic rings. The molecule has 0 amide bonds. The minimum absolute atomic E-state index is 0.533. The van der Waals surface area contributed by atoms with E-state index in [9.17, 15) is 0 Å². The smallest absolute Gasteiger partial charge is 0.252 e. The van der Waals surface area contributed by atoms with Crippen molar-refractivity contribution in [3.8, 4) is 5.69 Å². The van der Waals surface area contributed by atoms with E-state index in [4.69, 9.17) is 11.6 Å². The molecular formula is C17H18ClN5. The summed E-state index contributed by atoms with van der Waals surface area (Å²) in [5.41, 5.74) is 6.22. The number of nitrogens with zero attached hydrogens (tertiary/aromatic N) is 4. The molecule has 1 heterocycles. The maximum atomic E-state index is 6.36. The molecule has 0 unspecified atom stereocenters. The van der Waals surface area contributed by atoms with E-state index in [0.717, 1.165) is 28.1 Å². The molecule has 2 aromatic carbocycles. The predicted octanol–water partition coefficient (Wildman–Crippen LogP) is 4.29. The first-order chi connectivity index (χ1) is 11.0. The second-order valence-electron chi connectivity index (χ2n) is 5.77.